The molecule has 7 N–H and O–H groups in total. The highest BCUT2D eigenvalue weighted by Crippen LogP contribution is 2.23. The van der Waals surface area contributed by atoms with Crippen molar-refractivity contribution in [3.63, 3.8) is 0 Å². The molecule has 1 aliphatic carbocycles. The molecule has 1 heterocycles. The molecule has 8 heteroatoms. The van der Waals surface area contributed by atoms with Gasteiger partial charge >= 0.3 is 0 Å². The third-order valence-corrected chi connectivity index (χ3v) is 3.28. The molecule has 2 rings (SSSR count). The molecule has 1 aliphatic rings. The average Bonchev–Trinajstić information content (AvgIpc) is 2.34. The Bertz CT molecular complexity index is 482. The van der Waals surface area contributed by atoms with Crippen molar-refractivity contribution in [1.29, 1.82) is 0 Å². The Morgan fingerprint density at radius 1 is 1.47 bits per heavy atom. The minimum absolute atomic E-state index is 0.00817. The van der Waals surface area contributed by atoms with Crippen molar-refractivity contribution in [3.8, 4) is 0 Å². The van der Waals surface area contributed by atoms with Gasteiger partial charge in [0.2, 0.25) is 5.95 Å². The fraction of sp³-hybridized carbons (Fsp3) is 0.545. The molecule has 1 aromatic rings. The van der Waals surface area contributed by atoms with Crippen LogP contribution in [0.5, 0.6) is 0 Å². The minimum Gasteiger partial charge on any atom is -0.383 e. The lowest BCUT2D eigenvalue weighted by molar-refractivity contribution is 0.100. The molecule has 1 amide bonds. The van der Waals surface area contributed by atoms with Gasteiger partial charge in [0, 0.05) is 12.2 Å². The van der Waals surface area contributed by atoms with Crippen LogP contribution in [0, 0.1) is 0 Å². The number of nitrogen functional groups attached to an aromatic ring is 1. The second-order valence-corrected chi connectivity index (χ2v) is 4.63. The second-order valence-electron chi connectivity index (χ2n) is 4.63. The Hall–Kier alpha value is -1.96. The van der Waals surface area contributed by atoms with E-state index < -0.39 is 18.1 Å². The van der Waals surface area contributed by atoms with Crippen LogP contribution in [0.2, 0.25) is 0 Å². The molecule has 19 heavy (non-hydrogen) atoms. The van der Waals surface area contributed by atoms with Crippen LogP contribution in [0.3, 0.4) is 0 Å². The van der Waals surface area contributed by atoms with Gasteiger partial charge in [0.05, 0.1) is 11.6 Å². The van der Waals surface area contributed by atoms with E-state index in [1.165, 1.54) is 6.20 Å². The highest BCUT2D eigenvalue weighted by atomic mass is 19.1. The smallest absolute Gasteiger partial charge is 0.254 e. The number of aromatic nitrogens is 2. The largest absolute Gasteiger partial charge is 0.383 e. The summed E-state index contributed by atoms with van der Waals surface area (Å²) in [6.45, 7) is 0. The SMILES string of the molecule is NC(=O)c1cnc(NC2CCCC(F)C2N)nc1N. The quantitative estimate of drug-likeness (QED) is 0.599. The third kappa shape index (κ3) is 2.90. The third-order valence-electron chi connectivity index (χ3n) is 3.28. The first-order valence-corrected chi connectivity index (χ1v) is 6.07. The zero-order valence-corrected chi connectivity index (χ0v) is 10.3. The van der Waals surface area contributed by atoms with E-state index in [-0.39, 0.29) is 23.4 Å². The normalized spacial score (nSPS) is 26.9. The Kier molecular flexibility index (Phi) is 3.79. The molecule has 0 saturated heterocycles. The number of rotatable bonds is 3. The molecular weight excluding hydrogens is 251 g/mol. The Balaban J connectivity index is 2.11. The molecule has 0 radical (unpaired) electrons. The molecule has 7 nitrogen and oxygen atoms in total. The standard InChI is InChI=1S/C11H17FN6O/c12-6-2-1-3-7(8(6)13)17-11-16-4-5(10(15)19)9(14)18-11/h4,6-8H,1-3,13H2,(H2,15,19)(H3,14,16,17,18). The van der Waals surface area contributed by atoms with Crippen molar-refractivity contribution >= 4 is 17.7 Å². The van der Waals surface area contributed by atoms with Crippen LogP contribution in [0.4, 0.5) is 16.2 Å². The highest BCUT2D eigenvalue weighted by molar-refractivity contribution is 5.96. The second kappa shape index (κ2) is 5.35. The van der Waals surface area contributed by atoms with E-state index in [0.717, 1.165) is 12.8 Å². The number of carbonyl (C=O) groups excluding carboxylic acids is 1. The molecule has 0 aliphatic heterocycles. The maximum Gasteiger partial charge on any atom is 0.254 e. The summed E-state index contributed by atoms with van der Waals surface area (Å²) >= 11 is 0. The fourth-order valence-electron chi connectivity index (χ4n) is 2.16. The van der Waals surface area contributed by atoms with Crippen LogP contribution >= 0.6 is 0 Å². The van der Waals surface area contributed by atoms with Crippen molar-refractivity contribution in [2.45, 2.75) is 37.5 Å². The Morgan fingerprint density at radius 3 is 2.84 bits per heavy atom. The van der Waals surface area contributed by atoms with Crippen LogP contribution in [0.15, 0.2) is 6.20 Å². The molecule has 0 bridgehead atoms. The van der Waals surface area contributed by atoms with Crippen molar-refractivity contribution in [2.24, 2.45) is 11.5 Å². The van der Waals surface area contributed by atoms with E-state index in [2.05, 4.69) is 15.3 Å². The van der Waals surface area contributed by atoms with Crippen LogP contribution in [0.1, 0.15) is 29.6 Å². The van der Waals surface area contributed by atoms with Gasteiger partial charge in [0.15, 0.2) is 0 Å². The van der Waals surface area contributed by atoms with Gasteiger partial charge in [-0.3, -0.25) is 4.79 Å². The highest BCUT2D eigenvalue weighted by Gasteiger charge is 2.30. The van der Waals surface area contributed by atoms with E-state index in [4.69, 9.17) is 17.2 Å². The summed E-state index contributed by atoms with van der Waals surface area (Å²) in [7, 11) is 0. The van der Waals surface area contributed by atoms with E-state index in [1.807, 2.05) is 0 Å². The molecule has 1 aromatic heterocycles. The lowest BCUT2D eigenvalue weighted by Crippen LogP contribution is -2.49. The van der Waals surface area contributed by atoms with Gasteiger partial charge in [-0.1, -0.05) is 0 Å². The van der Waals surface area contributed by atoms with Crippen molar-refractivity contribution in [3.05, 3.63) is 11.8 Å². The molecule has 0 aromatic carbocycles. The summed E-state index contributed by atoms with van der Waals surface area (Å²) < 4.78 is 13.5. The fourth-order valence-corrected chi connectivity index (χ4v) is 2.16. The van der Waals surface area contributed by atoms with Gasteiger partial charge in [0.1, 0.15) is 12.0 Å². The zero-order chi connectivity index (χ0) is 14.0. The molecule has 0 spiro atoms. The van der Waals surface area contributed by atoms with E-state index >= 15 is 0 Å². The molecule has 1 fully saturated rings. The molecule has 104 valence electrons. The van der Waals surface area contributed by atoms with E-state index in [0.29, 0.717) is 6.42 Å². The number of nitrogens with one attached hydrogen (secondary N) is 1. The van der Waals surface area contributed by atoms with Gasteiger partial charge < -0.3 is 22.5 Å². The maximum atomic E-state index is 13.5. The van der Waals surface area contributed by atoms with Crippen LogP contribution in [-0.4, -0.2) is 34.1 Å². The van der Waals surface area contributed by atoms with Gasteiger partial charge in [0.25, 0.3) is 5.91 Å². The monoisotopic (exact) mass is 268 g/mol. The van der Waals surface area contributed by atoms with E-state index in [9.17, 15) is 9.18 Å². The predicted octanol–water partition coefficient (Wildman–Crippen LogP) is -0.213. The summed E-state index contributed by atoms with van der Waals surface area (Å²) in [6, 6.07) is -0.850. The number of carbonyl (C=O) groups is 1. The zero-order valence-electron chi connectivity index (χ0n) is 10.3. The number of anilines is 2. The number of halogens is 1. The van der Waals surface area contributed by atoms with Gasteiger partial charge in [-0.2, -0.15) is 4.98 Å². The Morgan fingerprint density at radius 2 is 2.21 bits per heavy atom. The first-order valence-electron chi connectivity index (χ1n) is 6.07. The van der Waals surface area contributed by atoms with Crippen molar-refractivity contribution in [2.75, 3.05) is 11.1 Å². The lowest BCUT2D eigenvalue weighted by atomic mass is 9.89. The summed E-state index contributed by atoms with van der Waals surface area (Å²) in [5, 5.41) is 2.95. The van der Waals surface area contributed by atoms with Gasteiger partial charge in [-0.15, -0.1) is 0 Å². The summed E-state index contributed by atoms with van der Waals surface area (Å²) in [4.78, 5) is 18.8. The summed E-state index contributed by atoms with van der Waals surface area (Å²) in [5.74, 6) is -0.481. The number of nitrogens with zero attached hydrogens (tertiary/aromatic N) is 2. The predicted molar refractivity (Wildman–Crippen MR) is 69.1 cm³/mol. The minimum atomic E-state index is -1.03. The lowest BCUT2D eigenvalue weighted by Gasteiger charge is -2.32. The van der Waals surface area contributed by atoms with Crippen LogP contribution in [0.25, 0.3) is 0 Å². The topological polar surface area (TPSA) is 133 Å². The molecule has 3 atom stereocenters. The molecule has 3 unspecified atom stereocenters. The van der Waals surface area contributed by atoms with Crippen molar-refractivity contribution < 1.29 is 9.18 Å². The maximum absolute atomic E-state index is 13.5. The van der Waals surface area contributed by atoms with Gasteiger partial charge in [-0.25, -0.2) is 9.37 Å². The Labute approximate surface area is 109 Å². The van der Waals surface area contributed by atoms with Crippen LogP contribution < -0.4 is 22.5 Å². The number of hydrogen-bond donors (Lipinski definition) is 4. The average molecular weight is 268 g/mol. The van der Waals surface area contributed by atoms with Crippen LogP contribution in [-0.2, 0) is 0 Å². The molecular formula is C11H17FN6O. The number of primary amides is 1. The first-order chi connectivity index (χ1) is 8.99. The number of nitrogens with two attached hydrogens (primary N) is 3. The van der Waals surface area contributed by atoms with Crippen molar-refractivity contribution in [1.82, 2.24) is 9.97 Å². The van der Waals surface area contributed by atoms with E-state index in [1.54, 1.807) is 0 Å². The number of amides is 1. The number of hydrogen-bond acceptors (Lipinski definition) is 6. The summed E-state index contributed by atoms with van der Waals surface area (Å²) in [5.41, 5.74) is 16.5. The summed E-state index contributed by atoms with van der Waals surface area (Å²) in [6.07, 6.45) is 2.18. The number of alkyl halides is 1. The first kappa shape index (κ1) is 13.5. The van der Waals surface area contributed by atoms with Gasteiger partial charge in [-0.05, 0) is 19.3 Å². The molecule has 1 saturated carbocycles.